The van der Waals surface area contributed by atoms with Crippen molar-refractivity contribution in [2.45, 2.75) is 30.5 Å². The molecule has 0 saturated heterocycles. The second kappa shape index (κ2) is 8.57. The first-order chi connectivity index (χ1) is 12.2. The topological polar surface area (TPSA) is 113 Å². The van der Waals surface area contributed by atoms with E-state index in [-0.39, 0.29) is 12.5 Å². The average molecular weight is 399 g/mol. The van der Waals surface area contributed by atoms with Crippen LogP contribution in [0.2, 0.25) is 5.02 Å². The lowest BCUT2D eigenvalue weighted by atomic mass is 10.1. The number of oxazole rings is 1. The highest BCUT2D eigenvalue weighted by Gasteiger charge is 2.31. The molecule has 1 heterocycles. The summed E-state index contributed by atoms with van der Waals surface area (Å²) in [6.45, 7) is 2.43. The molecular formula is C17H19ClN2O5S. The number of amides is 1. The number of thioether (sulfide) groups is 1. The van der Waals surface area contributed by atoms with E-state index in [4.69, 9.17) is 21.1 Å². The Labute approximate surface area is 159 Å². The Balaban J connectivity index is 1.85. The van der Waals surface area contributed by atoms with Crippen molar-refractivity contribution in [3.63, 3.8) is 0 Å². The van der Waals surface area contributed by atoms with E-state index < -0.39 is 16.8 Å². The van der Waals surface area contributed by atoms with Gasteiger partial charge >= 0.3 is 5.97 Å². The summed E-state index contributed by atoms with van der Waals surface area (Å²) < 4.78 is 5.66. The first-order valence-electron chi connectivity index (χ1n) is 7.75. The molecule has 2 aromatic rings. The van der Waals surface area contributed by atoms with Crippen molar-refractivity contribution in [2.75, 3.05) is 6.54 Å². The number of hydrogen-bond acceptors (Lipinski definition) is 6. The number of aliphatic hydroxyl groups is 1. The predicted molar refractivity (Wildman–Crippen MR) is 99.0 cm³/mol. The van der Waals surface area contributed by atoms with Gasteiger partial charge in [0.1, 0.15) is 0 Å². The smallest absolute Gasteiger partial charge is 0.337 e. The molecule has 140 valence electrons. The number of halogens is 1. The Morgan fingerprint density at radius 1 is 1.38 bits per heavy atom. The molecule has 0 saturated carbocycles. The number of benzene rings is 1. The molecule has 0 aliphatic heterocycles. The third-order valence-electron chi connectivity index (χ3n) is 3.58. The summed E-state index contributed by atoms with van der Waals surface area (Å²) in [6, 6.07) is 7.16. The maximum absolute atomic E-state index is 12.0. The fraction of sp³-hybridized carbons (Fsp3) is 0.353. The second-order valence-corrected chi connectivity index (χ2v) is 7.64. The number of carbonyl (C=O) groups excluding carboxylic acids is 1. The first-order valence-corrected chi connectivity index (χ1v) is 9.17. The summed E-state index contributed by atoms with van der Waals surface area (Å²) in [5, 5.41) is 21.0. The van der Waals surface area contributed by atoms with Crippen LogP contribution >= 0.6 is 23.4 Å². The number of nitrogens with zero attached hydrogens (tertiary/aromatic N) is 1. The highest BCUT2D eigenvalue weighted by atomic mass is 35.5. The van der Waals surface area contributed by atoms with Crippen molar-refractivity contribution >= 4 is 35.2 Å². The SMILES string of the molecule is CC(SCc1ncc(-c2ccc(Cl)cc2)o1)C(=O)NCC(C)(O)C(=O)O. The normalized spacial score (nSPS) is 14.5. The first kappa shape index (κ1) is 20.3. The third-order valence-corrected chi connectivity index (χ3v) is 4.96. The summed E-state index contributed by atoms with van der Waals surface area (Å²) in [4.78, 5) is 27.0. The molecule has 0 aliphatic carbocycles. The lowest BCUT2D eigenvalue weighted by molar-refractivity contribution is -0.156. The van der Waals surface area contributed by atoms with E-state index in [9.17, 15) is 14.7 Å². The minimum absolute atomic E-state index is 0.369. The number of nitrogens with one attached hydrogen (secondary N) is 1. The van der Waals surface area contributed by atoms with Gasteiger partial charge in [0.2, 0.25) is 11.8 Å². The molecule has 1 aromatic carbocycles. The van der Waals surface area contributed by atoms with Crippen LogP contribution in [0, 0.1) is 0 Å². The molecule has 2 atom stereocenters. The van der Waals surface area contributed by atoms with E-state index in [1.807, 2.05) is 12.1 Å². The van der Waals surface area contributed by atoms with Crippen molar-refractivity contribution in [3.05, 3.63) is 41.4 Å². The molecule has 0 aliphatic rings. The fourth-order valence-electron chi connectivity index (χ4n) is 1.88. The van der Waals surface area contributed by atoms with E-state index in [0.717, 1.165) is 12.5 Å². The van der Waals surface area contributed by atoms with Gasteiger partial charge in [0.15, 0.2) is 11.4 Å². The van der Waals surface area contributed by atoms with E-state index in [0.29, 0.717) is 22.4 Å². The van der Waals surface area contributed by atoms with Crippen LogP contribution in [0.25, 0.3) is 11.3 Å². The quantitative estimate of drug-likeness (QED) is 0.626. The second-order valence-electron chi connectivity index (χ2n) is 5.88. The van der Waals surface area contributed by atoms with Gasteiger partial charge in [0.25, 0.3) is 0 Å². The van der Waals surface area contributed by atoms with Crippen molar-refractivity contribution in [1.82, 2.24) is 10.3 Å². The molecule has 1 aromatic heterocycles. The lowest BCUT2D eigenvalue weighted by Gasteiger charge is -2.19. The molecule has 2 rings (SSSR count). The van der Waals surface area contributed by atoms with Gasteiger partial charge in [-0.2, -0.15) is 0 Å². The van der Waals surface area contributed by atoms with Crippen LogP contribution in [-0.2, 0) is 15.3 Å². The lowest BCUT2D eigenvalue weighted by Crippen LogP contribution is -2.48. The van der Waals surface area contributed by atoms with Gasteiger partial charge in [-0.15, -0.1) is 11.8 Å². The van der Waals surface area contributed by atoms with Crippen LogP contribution in [0.15, 0.2) is 34.9 Å². The van der Waals surface area contributed by atoms with Crippen LogP contribution in [0.5, 0.6) is 0 Å². The molecule has 2 unspecified atom stereocenters. The number of carboxylic acid groups (broad SMARTS) is 1. The Kier molecular flexibility index (Phi) is 6.69. The summed E-state index contributed by atoms with van der Waals surface area (Å²) >= 11 is 7.14. The maximum atomic E-state index is 12.0. The van der Waals surface area contributed by atoms with Crippen molar-refractivity contribution in [1.29, 1.82) is 0 Å². The number of aliphatic carboxylic acids is 1. The van der Waals surface area contributed by atoms with Gasteiger partial charge in [-0.1, -0.05) is 11.6 Å². The molecule has 3 N–H and O–H groups in total. The number of rotatable bonds is 8. The molecular weight excluding hydrogens is 380 g/mol. The summed E-state index contributed by atoms with van der Waals surface area (Å²) in [5.41, 5.74) is -1.16. The van der Waals surface area contributed by atoms with Crippen LogP contribution in [0.3, 0.4) is 0 Å². The Bertz CT molecular complexity index is 776. The van der Waals surface area contributed by atoms with Crippen molar-refractivity contribution < 1.29 is 24.2 Å². The molecule has 9 heteroatoms. The van der Waals surface area contributed by atoms with Gasteiger partial charge in [-0.3, -0.25) is 4.79 Å². The third kappa shape index (κ3) is 5.48. The minimum atomic E-state index is -2.00. The Morgan fingerprint density at radius 2 is 2.04 bits per heavy atom. The molecule has 7 nitrogen and oxygen atoms in total. The highest BCUT2D eigenvalue weighted by molar-refractivity contribution is 7.99. The van der Waals surface area contributed by atoms with E-state index >= 15 is 0 Å². The number of hydrogen-bond donors (Lipinski definition) is 3. The van der Waals surface area contributed by atoms with Crippen LogP contribution < -0.4 is 5.32 Å². The zero-order valence-corrected chi connectivity index (χ0v) is 15.8. The Hall–Kier alpha value is -2.03. The van der Waals surface area contributed by atoms with Crippen LogP contribution in [0.4, 0.5) is 0 Å². The fourth-order valence-corrected chi connectivity index (χ4v) is 2.76. The van der Waals surface area contributed by atoms with Gasteiger partial charge in [0, 0.05) is 10.6 Å². The molecule has 0 radical (unpaired) electrons. The van der Waals surface area contributed by atoms with Crippen LogP contribution in [0.1, 0.15) is 19.7 Å². The zero-order chi connectivity index (χ0) is 19.3. The zero-order valence-electron chi connectivity index (χ0n) is 14.2. The minimum Gasteiger partial charge on any atom is -0.479 e. The maximum Gasteiger partial charge on any atom is 0.337 e. The number of carbonyl (C=O) groups is 2. The van der Waals surface area contributed by atoms with Gasteiger partial charge in [-0.05, 0) is 38.1 Å². The monoisotopic (exact) mass is 398 g/mol. The highest BCUT2D eigenvalue weighted by Crippen LogP contribution is 2.25. The summed E-state index contributed by atoms with van der Waals surface area (Å²) in [6.07, 6.45) is 1.61. The van der Waals surface area contributed by atoms with E-state index in [2.05, 4.69) is 10.3 Å². The predicted octanol–water partition coefficient (Wildman–Crippen LogP) is 2.57. The van der Waals surface area contributed by atoms with E-state index in [1.54, 1.807) is 25.3 Å². The number of carboxylic acids is 1. The molecule has 1 amide bonds. The Morgan fingerprint density at radius 3 is 2.65 bits per heavy atom. The van der Waals surface area contributed by atoms with Gasteiger partial charge < -0.3 is 19.9 Å². The summed E-state index contributed by atoms with van der Waals surface area (Å²) in [5.74, 6) is -0.324. The number of aromatic nitrogens is 1. The average Bonchev–Trinajstić information content (AvgIpc) is 3.07. The van der Waals surface area contributed by atoms with Crippen molar-refractivity contribution in [3.8, 4) is 11.3 Å². The van der Waals surface area contributed by atoms with Crippen molar-refractivity contribution in [2.24, 2.45) is 0 Å². The van der Waals surface area contributed by atoms with Crippen LogP contribution in [-0.4, -0.2) is 44.5 Å². The molecule has 0 spiro atoms. The largest absolute Gasteiger partial charge is 0.479 e. The molecule has 0 bridgehead atoms. The molecule has 26 heavy (non-hydrogen) atoms. The standard InChI is InChI=1S/C17H19ClN2O5S/c1-10(15(21)20-9-17(2,24)16(22)23)26-8-14-19-7-13(25-14)11-3-5-12(18)6-4-11/h3-7,10,24H,8-9H2,1-2H3,(H,20,21)(H,22,23). The van der Waals surface area contributed by atoms with Gasteiger partial charge in [-0.25, -0.2) is 9.78 Å². The summed E-state index contributed by atoms with van der Waals surface area (Å²) in [7, 11) is 0. The molecule has 0 fully saturated rings. The van der Waals surface area contributed by atoms with Gasteiger partial charge in [0.05, 0.1) is 23.7 Å². The van der Waals surface area contributed by atoms with E-state index in [1.165, 1.54) is 11.8 Å².